The third-order valence-corrected chi connectivity index (χ3v) is 12.5. The van der Waals surface area contributed by atoms with Gasteiger partial charge in [0.2, 0.25) is 0 Å². The van der Waals surface area contributed by atoms with Crippen LogP contribution in [-0.2, 0) is 14.3 Å². The molecular formula is C43H79N3O6S. The monoisotopic (exact) mass is 766 g/mol. The summed E-state index contributed by atoms with van der Waals surface area (Å²) in [5, 5.41) is 34.8. The van der Waals surface area contributed by atoms with Crippen LogP contribution in [0.15, 0.2) is 11.0 Å². The van der Waals surface area contributed by atoms with Crippen molar-refractivity contribution in [3.63, 3.8) is 0 Å². The second-order valence-electron chi connectivity index (χ2n) is 16.9. The van der Waals surface area contributed by atoms with E-state index in [-0.39, 0.29) is 29.4 Å². The predicted molar refractivity (Wildman–Crippen MR) is 218 cm³/mol. The number of ether oxygens (including phenoxy) is 1. The third-order valence-electron chi connectivity index (χ3n) is 11.7. The van der Waals surface area contributed by atoms with E-state index >= 15 is 0 Å². The number of quaternary nitrogens is 1. The summed E-state index contributed by atoms with van der Waals surface area (Å²) in [6, 6.07) is -0.109. The number of aliphatic hydroxyl groups is 2. The number of aryl methyl sites for hydroxylation is 1. The van der Waals surface area contributed by atoms with Crippen molar-refractivity contribution in [3.8, 4) is 0 Å². The van der Waals surface area contributed by atoms with Crippen LogP contribution in [0.25, 0.3) is 6.08 Å². The Morgan fingerprint density at radius 2 is 1.53 bits per heavy atom. The van der Waals surface area contributed by atoms with Gasteiger partial charge < -0.3 is 35.1 Å². The third kappa shape index (κ3) is 16.9. The predicted octanol–water partition coefficient (Wildman–Crippen LogP) is 7.63. The van der Waals surface area contributed by atoms with Crippen molar-refractivity contribution in [2.75, 3.05) is 26.2 Å². The van der Waals surface area contributed by atoms with E-state index in [0.29, 0.717) is 6.42 Å². The molecule has 2 rings (SSSR count). The molecule has 1 fully saturated rings. The summed E-state index contributed by atoms with van der Waals surface area (Å²) in [6.07, 6.45) is 13.4. The van der Waals surface area contributed by atoms with Gasteiger partial charge in [0, 0.05) is 35.1 Å². The highest BCUT2D eigenvalue weighted by Gasteiger charge is 2.51. The molecule has 4 N–H and O–H groups in total. The number of nitrogens with two attached hydrogens (primary N) is 1. The van der Waals surface area contributed by atoms with Gasteiger partial charge in [0.25, 0.3) is 0 Å². The molecule has 0 saturated carbocycles. The van der Waals surface area contributed by atoms with Gasteiger partial charge in [0.05, 0.1) is 60.8 Å². The normalized spacial score (nSPS) is 20.6. The molecule has 1 aliphatic rings. The van der Waals surface area contributed by atoms with Gasteiger partial charge in [-0.3, -0.25) is 4.79 Å². The molecule has 0 spiro atoms. The molecule has 0 radical (unpaired) electrons. The second kappa shape index (κ2) is 24.1. The van der Waals surface area contributed by atoms with Crippen molar-refractivity contribution >= 4 is 29.2 Å². The molecule has 0 aliphatic carbocycles. The van der Waals surface area contributed by atoms with Crippen LogP contribution < -0.4 is 10.8 Å². The summed E-state index contributed by atoms with van der Waals surface area (Å²) >= 11 is 1.61. The molecule has 53 heavy (non-hydrogen) atoms. The van der Waals surface area contributed by atoms with Crippen molar-refractivity contribution in [2.45, 2.75) is 190 Å². The van der Waals surface area contributed by atoms with Gasteiger partial charge in [0.15, 0.2) is 0 Å². The number of Topliss-reactive ketones (excluding diaryl/α,β-unsaturated/α-hetero) is 1. The molecule has 1 aromatic heterocycles. The number of hydrogen-bond acceptors (Lipinski definition) is 9. The fourth-order valence-electron chi connectivity index (χ4n) is 7.41. The first kappa shape index (κ1) is 49.3. The van der Waals surface area contributed by atoms with Gasteiger partial charge >= 0.3 is 0 Å². The zero-order valence-corrected chi connectivity index (χ0v) is 36.4. The number of aliphatic carboxylic acids is 1. The molecule has 0 bridgehead atoms. The van der Waals surface area contributed by atoms with Crippen molar-refractivity contribution in [2.24, 2.45) is 23.0 Å². The van der Waals surface area contributed by atoms with E-state index in [1.54, 1.807) is 18.3 Å². The molecule has 9 nitrogen and oxygen atoms in total. The minimum Gasteiger partial charge on any atom is -0.550 e. The topological polar surface area (TPSA) is 149 Å². The maximum absolute atomic E-state index is 12.9. The Kier molecular flexibility index (Phi) is 22.4. The fraction of sp³-hybridized carbons (Fsp3) is 0.837. The maximum Gasteiger partial charge on any atom is 0.146 e. The van der Waals surface area contributed by atoms with Crippen LogP contribution in [0.2, 0.25) is 0 Å². The van der Waals surface area contributed by atoms with Crippen LogP contribution in [0.4, 0.5) is 0 Å². The zero-order valence-electron chi connectivity index (χ0n) is 35.5. The van der Waals surface area contributed by atoms with Crippen molar-refractivity contribution in [1.82, 2.24) is 4.98 Å². The van der Waals surface area contributed by atoms with Crippen molar-refractivity contribution < 1.29 is 34.1 Å². The van der Waals surface area contributed by atoms with Crippen LogP contribution in [0.5, 0.6) is 0 Å². The smallest absolute Gasteiger partial charge is 0.146 e. The lowest BCUT2D eigenvalue weighted by atomic mass is 9.73. The lowest BCUT2D eigenvalue weighted by molar-refractivity contribution is -0.929. The Bertz CT molecular complexity index is 1200. The number of aromatic nitrogens is 1. The highest BCUT2D eigenvalue weighted by molar-refractivity contribution is 7.09. The number of ketones is 1. The first-order valence-electron chi connectivity index (χ1n) is 20.8. The number of carbonyl (C=O) groups is 2. The van der Waals surface area contributed by atoms with E-state index in [9.17, 15) is 24.9 Å². The lowest BCUT2D eigenvalue weighted by Crippen LogP contribution is -2.50. The first-order chi connectivity index (χ1) is 24.8. The van der Waals surface area contributed by atoms with E-state index in [1.165, 1.54) is 95.9 Å². The average Bonchev–Trinajstić information content (AvgIpc) is 3.55. The minimum atomic E-state index is -1.42. The number of thiazole rings is 1. The highest BCUT2D eigenvalue weighted by Crippen LogP contribution is 2.44. The Hall–Kier alpha value is -1.69. The summed E-state index contributed by atoms with van der Waals surface area (Å²) < 4.78 is 7.41. The molecular weight excluding hydrogens is 687 g/mol. The number of carboxylic acids is 1. The van der Waals surface area contributed by atoms with Crippen LogP contribution >= 0.6 is 11.3 Å². The summed E-state index contributed by atoms with van der Waals surface area (Å²) in [5.41, 5.74) is 6.87. The summed E-state index contributed by atoms with van der Waals surface area (Å²) in [7, 11) is 0. The minimum absolute atomic E-state index is 0.0831. The van der Waals surface area contributed by atoms with E-state index in [4.69, 9.17) is 10.5 Å². The largest absolute Gasteiger partial charge is 0.550 e. The Morgan fingerprint density at radius 3 is 1.96 bits per heavy atom. The summed E-state index contributed by atoms with van der Waals surface area (Å²) in [6.45, 7) is 27.6. The Labute approximate surface area is 327 Å². The number of carbonyl (C=O) groups excluding carboxylic acids is 2. The lowest BCUT2D eigenvalue weighted by Gasteiger charge is -2.39. The van der Waals surface area contributed by atoms with Crippen LogP contribution in [0.3, 0.4) is 0 Å². The van der Waals surface area contributed by atoms with Gasteiger partial charge in [-0.25, -0.2) is 4.98 Å². The average molecular weight is 766 g/mol. The molecule has 1 unspecified atom stereocenters. The molecule has 1 saturated heterocycles. The van der Waals surface area contributed by atoms with Crippen molar-refractivity contribution in [3.05, 3.63) is 21.7 Å². The molecule has 1 aliphatic heterocycles. The molecule has 2 heterocycles. The fourth-order valence-corrected chi connectivity index (χ4v) is 7.98. The molecule has 7 atom stereocenters. The summed E-state index contributed by atoms with van der Waals surface area (Å²) in [4.78, 5) is 28.2. The van der Waals surface area contributed by atoms with Crippen LogP contribution in [0, 0.1) is 24.2 Å². The molecule has 0 amide bonds. The zero-order chi connectivity index (χ0) is 40.4. The number of rotatable bonds is 27. The van der Waals surface area contributed by atoms with E-state index < -0.39 is 35.9 Å². The molecule has 10 heteroatoms. The standard InChI is InChI=1S/C27H44N2O6S.C16H36N/c1-15(24(33)17(3)25(34)26(5,6)21(30)13-23(31)32)9-8-10-27(7)22(35-27)12-20(28)16(2)11-19-14-36-18(4)29-19;1-5-9-13-17(14-10-6-2,15-11-7-3)16-12-8-4/h11,14-15,17,20-22,24,30,33H,8-10,12-13,28H2,1-7H3,(H,31,32);5-16H2,1-4H3/q;+1/p-1/b16-11+;/t15-,17+,20-,21-,22?,24-,27+;/m0./s1. The van der Waals surface area contributed by atoms with Gasteiger partial charge in [0.1, 0.15) is 5.78 Å². The molecule has 0 aromatic carbocycles. The number of carboxylic acid groups (broad SMARTS) is 1. The van der Waals surface area contributed by atoms with E-state index in [0.717, 1.165) is 35.5 Å². The Balaban J connectivity index is 0.000000695. The van der Waals surface area contributed by atoms with Crippen molar-refractivity contribution in [1.29, 1.82) is 0 Å². The quantitative estimate of drug-likeness (QED) is 0.0612. The van der Waals surface area contributed by atoms with E-state index in [1.807, 2.05) is 32.2 Å². The number of epoxide rings is 1. The number of hydrogen-bond donors (Lipinski definition) is 3. The van der Waals surface area contributed by atoms with Gasteiger partial charge in [-0.05, 0) is 77.7 Å². The number of unbranched alkanes of at least 4 members (excludes halogenated alkanes) is 4. The second-order valence-corrected chi connectivity index (χ2v) is 18.0. The van der Waals surface area contributed by atoms with E-state index in [2.05, 4.69) is 39.6 Å². The SMILES string of the molecule is C/C(=C\c1csc(C)n1)[C@@H](N)CC1O[C@]1(C)CCC[C@H](C)[C@H](O)[C@@H](C)C(=O)C(C)(C)[C@@H](O)CC(=O)[O-].CCCC[N+](CCCC)(CCCC)CCCC. The van der Waals surface area contributed by atoms with Gasteiger partial charge in [-0.1, -0.05) is 93.1 Å². The Morgan fingerprint density at radius 1 is 1.02 bits per heavy atom. The highest BCUT2D eigenvalue weighted by atomic mass is 32.1. The number of nitrogens with zero attached hydrogens (tertiary/aromatic N) is 2. The summed E-state index contributed by atoms with van der Waals surface area (Å²) in [5.74, 6) is -2.66. The first-order valence-corrected chi connectivity index (χ1v) is 21.7. The molecule has 1 aromatic rings. The van der Waals surface area contributed by atoms with Gasteiger partial charge in [-0.2, -0.15) is 0 Å². The van der Waals surface area contributed by atoms with Crippen LogP contribution in [0.1, 0.15) is 163 Å². The maximum atomic E-state index is 12.9. The molecule has 308 valence electrons. The number of aliphatic hydroxyl groups excluding tert-OH is 2. The van der Waals surface area contributed by atoms with Crippen LogP contribution in [-0.4, -0.2) is 87.6 Å². The van der Waals surface area contributed by atoms with Gasteiger partial charge in [-0.15, -0.1) is 11.3 Å².